The Morgan fingerprint density at radius 3 is 2.12 bits per heavy atom. The SMILES string of the molecule is CCC(NC(=O)c1ccc(NC(=O)NC(C)C)cc1)c1ccc(Br)cc1. The molecule has 0 heterocycles. The van der Waals surface area contributed by atoms with Gasteiger partial charge in [-0.3, -0.25) is 4.79 Å². The molecule has 0 saturated carbocycles. The van der Waals surface area contributed by atoms with Gasteiger partial charge in [0.2, 0.25) is 0 Å². The van der Waals surface area contributed by atoms with Crippen LogP contribution in [-0.2, 0) is 0 Å². The zero-order valence-electron chi connectivity index (χ0n) is 15.2. The molecule has 0 aliphatic heterocycles. The van der Waals surface area contributed by atoms with Crippen LogP contribution in [0.5, 0.6) is 0 Å². The highest BCUT2D eigenvalue weighted by atomic mass is 79.9. The van der Waals surface area contributed by atoms with Gasteiger partial charge in [0.25, 0.3) is 5.91 Å². The molecular weight excluding hydrogens is 394 g/mol. The smallest absolute Gasteiger partial charge is 0.319 e. The van der Waals surface area contributed by atoms with Gasteiger partial charge in [-0.25, -0.2) is 4.79 Å². The van der Waals surface area contributed by atoms with Crippen molar-refractivity contribution in [3.8, 4) is 0 Å². The molecule has 2 rings (SSSR count). The first-order valence-corrected chi connectivity index (χ1v) is 9.42. The summed E-state index contributed by atoms with van der Waals surface area (Å²) in [5.41, 5.74) is 2.25. The summed E-state index contributed by atoms with van der Waals surface area (Å²) in [6.45, 7) is 5.82. The number of urea groups is 1. The molecule has 0 aliphatic rings. The van der Waals surface area contributed by atoms with Gasteiger partial charge in [0, 0.05) is 21.8 Å². The van der Waals surface area contributed by atoms with Crippen molar-refractivity contribution in [1.82, 2.24) is 10.6 Å². The van der Waals surface area contributed by atoms with Crippen LogP contribution < -0.4 is 16.0 Å². The van der Waals surface area contributed by atoms with Gasteiger partial charge in [0.1, 0.15) is 0 Å². The lowest BCUT2D eigenvalue weighted by atomic mass is 10.0. The molecule has 2 aromatic carbocycles. The average Bonchev–Trinajstić information content (AvgIpc) is 2.60. The maximum absolute atomic E-state index is 12.5. The normalized spacial score (nSPS) is 11.7. The topological polar surface area (TPSA) is 70.2 Å². The second-order valence-electron chi connectivity index (χ2n) is 6.32. The minimum atomic E-state index is -0.265. The Balaban J connectivity index is 2.00. The first-order chi connectivity index (χ1) is 12.4. The van der Waals surface area contributed by atoms with Crippen LogP contribution in [0, 0.1) is 0 Å². The van der Waals surface area contributed by atoms with Crippen molar-refractivity contribution in [2.75, 3.05) is 5.32 Å². The number of rotatable bonds is 6. The molecule has 26 heavy (non-hydrogen) atoms. The lowest BCUT2D eigenvalue weighted by molar-refractivity contribution is 0.0935. The van der Waals surface area contributed by atoms with E-state index >= 15 is 0 Å². The maximum atomic E-state index is 12.5. The highest BCUT2D eigenvalue weighted by molar-refractivity contribution is 9.10. The number of carbonyl (C=O) groups is 2. The van der Waals surface area contributed by atoms with Crippen LogP contribution in [0.15, 0.2) is 53.0 Å². The van der Waals surface area contributed by atoms with Crippen molar-refractivity contribution < 1.29 is 9.59 Å². The van der Waals surface area contributed by atoms with Gasteiger partial charge in [-0.15, -0.1) is 0 Å². The number of halogens is 1. The van der Waals surface area contributed by atoms with Crippen LogP contribution in [0.25, 0.3) is 0 Å². The van der Waals surface area contributed by atoms with Gasteiger partial charge in [-0.1, -0.05) is 35.0 Å². The Kier molecular flexibility index (Phi) is 7.21. The van der Waals surface area contributed by atoms with Gasteiger partial charge < -0.3 is 16.0 Å². The molecule has 0 bridgehead atoms. The molecule has 0 aliphatic carbocycles. The zero-order valence-corrected chi connectivity index (χ0v) is 16.8. The third-order valence-corrected chi connectivity index (χ3v) is 4.34. The van der Waals surface area contributed by atoms with E-state index in [4.69, 9.17) is 0 Å². The quantitative estimate of drug-likeness (QED) is 0.627. The van der Waals surface area contributed by atoms with Crippen LogP contribution in [0.3, 0.4) is 0 Å². The summed E-state index contributed by atoms with van der Waals surface area (Å²) >= 11 is 3.42. The molecule has 138 valence electrons. The number of hydrogen-bond donors (Lipinski definition) is 3. The predicted octanol–water partition coefficient (Wildman–Crippen LogP) is 4.86. The summed E-state index contributed by atoms with van der Waals surface area (Å²) in [6, 6.07) is 14.5. The van der Waals surface area contributed by atoms with E-state index in [1.165, 1.54) is 0 Å². The molecular formula is C20H24BrN3O2. The fourth-order valence-electron chi connectivity index (χ4n) is 2.49. The Morgan fingerprint density at radius 1 is 0.962 bits per heavy atom. The molecule has 1 unspecified atom stereocenters. The highest BCUT2D eigenvalue weighted by Gasteiger charge is 2.14. The fourth-order valence-corrected chi connectivity index (χ4v) is 2.76. The summed E-state index contributed by atoms with van der Waals surface area (Å²) < 4.78 is 1.01. The van der Waals surface area contributed by atoms with Gasteiger partial charge in [0.05, 0.1) is 6.04 Å². The van der Waals surface area contributed by atoms with E-state index in [2.05, 4.69) is 31.9 Å². The molecule has 5 nitrogen and oxygen atoms in total. The van der Waals surface area contributed by atoms with Crippen LogP contribution in [0.1, 0.15) is 49.2 Å². The Morgan fingerprint density at radius 2 is 1.58 bits per heavy atom. The first kappa shape index (κ1) is 20.0. The lowest BCUT2D eigenvalue weighted by Crippen LogP contribution is -2.34. The number of hydrogen-bond acceptors (Lipinski definition) is 2. The van der Waals surface area contributed by atoms with Crippen LogP contribution in [0.2, 0.25) is 0 Å². The third kappa shape index (κ3) is 5.88. The monoisotopic (exact) mass is 417 g/mol. The number of nitrogens with one attached hydrogen (secondary N) is 3. The molecule has 0 fully saturated rings. The van der Waals surface area contributed by atoms with Crippen molar-refractivity contribution in [1.29, 1.82) is 0 Å². The van der Waals surface area contributed by atoms with E-state index in [1.54, 1.807) is 24.3 Å². The predicted molar refractivity (Wildman–Crippen MR) is 108 cm³/mol. The van der Waals surface area contributed by atoms with E-state index in [1.807, 2.05) is 45.0 Å². The molecule has 2 aromatic rings. The Hall–Kier alpha value is -2.34. The first-order valence-electron chi connectivity index (χ1n) is 8.63. The average molecular weight is 418 g/mol. The second kappa shape index (κ2) is 9.38. The van der Waals surface area contributed by atoms with E-state index in [0.717, 1.165) is 16.5 Å². The number of benzene rings is 2. The largest absolute Gasteiger partial charge is 0.345 e. The van der Waals surface area contributed by atoms with Crippen molar-refractivity contribution in [3.05, 3.63) is 64.1 Å². The Labute approximate surface area is 162 Å². The van der Waals surface area contributed by atoms with Crippen molar-refractivity contribution >= 4 is 33.6 Å². The summed E-state index contributed by atoms with van der Waals surface area (Å²) in [5.74, 6) is -0.141. The van der Waals surface area contributed by atoms with E-state index in [-0.39, 0.29) is 24.0 Å². The second-order valence-corrected chi connectivity index (χ2v) is 7.23. The van der Waals surface area contributed by atoms with Crippen molar-refractivity contribution in [2.24, 2.45) is 0 Å². The highest BCUT2D eigenvalue weighted by Crippen LogP contribution is 2.20. The van der Waals surface area contributed by atoms with E-state index in [9.17, 15) is 9.59 Å². The fraction of sp³-hybridized carbons (Fsp3) is 0.300. The minimum Gasteiger partial charge on any atom is -0.345 e. The molecule has 3 N–H and O–H groups in total. The van der Waals surface area contributed by atoms with Crippen LogP contribution in [0.4, 0.5) is 10.5 Å². The molecule has 3 amide bonds. The molecule has 1 atom stereocenters. The Bertz CT molecular complexity index is 743. The molecule has 0 spiro atoms. The van der Waals surface area contributed by atoms with Crippen LogP contribution in [-0.4, -0.2) is 18.0 Å². The van der Waals surface area contributed by atoms with Crippen molar-refractivity contribution in [3.63, 3.8) is 0 Å². The van der Waals surface area contributed by atoms with Crippen LogP contribution >= 0.6 is 15.9 Å². The molecule has 0 saturated heterocycles. The van der Waals surface area contributed by atoms with Crippen molar-refractivity contribution in [2.45, 2.75) is 39.3 Å². The zero-order chi connectivity index (χ0) is 19.1. The maximum Gasteiger partial charge on any atom is 0.319 e. The molecule has 6 heteroatoms. The van der Waals surface area contributed by atoms with Gasteiger partial charge in [0.15, 0.2) is 0 Å². The lowest BCUT2D eigenvalue weighted by Gasteiger charge is -2.18. The third-order valence-electron chi connectivity index (χ3n) is 3.81. The van der Waals surface area contributed by atoms with Gasteiger partial charge in [-0.05, 0) is 62.2 Å². The number of carbonyl (C=O) groups excluding carboxylic acids is 2. The van der Waals surface area contributed by atoms with Gasteiger partial charge >= 0.3 is 6.03 Å². The summed E-state index contributed by atoms with van der Waals surface area (Å²) in [5, 5.41) is 8.54. The summed E-state index contributed by atoms with van der Waals surface area (Å²) in [4.78, 5) is 24.2. The standard InChI is InChI=1S/C20H24BrN3O2/c1-4-18(14-5-9-16(21)10-6-14)24-19(25)15-7-11-17(12-8-15)23-20(26)22-13(2)3/h5-13,18H,4H2,1-3H3,(H,24,25)(H2,22,23,26). The summed E-state index contributed by atoms with van der Waals surface area (Å²) in [6.07, 6.45) is 0.794. The summed E-state index contributed by atoms with van der Waals surface area (Å²) in [7, 11) is 0. The van der Waals surface area contributed by atoms with E-state index in [0.29, 0.717) is 11.3 Å². The van der Waals surface area contributed by atoms with Gasteiger partial charge in [-0.2, -0.15) is 0 Å². The number of amides is 3. The molecule has 0 radical (unpaired) electrons. The molecule has 0 aromatic heterocycles. The van der Waals surface area contributed by atoms with E-state index < -0.39 is 0 Å². The number of anilines is 1. The minimum absolute atomic E-state index is 0.0507.